The molecule has 0 aromatic heterocycles. The predicted octanol–water partition coefficient (Wildman–Crippen LogP) is 1.71. The first-order valence-corrected chi connectivity index (χ1v) is 8.77. The Kier molecular flexibility index (Phi) is 6.55. The summed E-state index contributed by atoms with van der Waals surface area (Å²) in [6, 6.07) is 5.67. The molecular formula is C15H21NO5S. The van der Waals surface area contributed by atoms with E-state index in [0.717, 1.165) is 6.42 Å². The van der Waals surface area contributed by atoms with Crippen LogP contribution in [0.1, 0.15) is 37.0 Å². The molecule has 1 unspecified atom stereocenters. The molecule has 1 amide bonds. The Bertz CT molecular complexity index is 622. The van der Waals surface area contributed by atoms with E-state index in [4.69, 9.17) is 5.11 Å². The van der Waals surface area contributed by atoms with E-state index in [1.165, 1.54) is 31.2 Å². The second kappa shape index (κ2) is 7.93. The highest BCUT2D eigenvalue weighted by atomic mass is 32.2. The monoisotopic (exact) mass is 327 g/mol. The molecule has 6 nitrogen and oxygen atoms in total. The quantitative estimate of drug-likeness (QED) is 0.757. The molecule has 0 aliphatic heterocycles. The van der Waals surface area contributed by atoms with Gasteiger partial charge in [-0.05, 0) is 30.7 Å². The highest BCUT2D eigenvalue weighted by Gasteiger charge is 2.16. The van der Waals surface area contributed by atoms with Crippen LogP contribution >= 0.6 is 0 Å². The van der Waals surface area contributed by atoms with E-state index in [0.29, 0.717) is 12.0 Å². The summed E-state index contributed by atoms with van der Waals surface area (Å²) in [5.41, 5.74) is 0.298. The van der Waals surface area contributed by atoms with Gasteiger partial charge in [0.15, 0.2) is 9.84 Å². The normalized spacial score (nSPS) is 12.6. The molecule has 7 heteroatoms. The number of hydrogen-bond acceptors (Lipinski definition) is 4. The van der Waals surface area contributed by atoms with Crippen LogP contribution in [-0.2, 0) is 14.6 Å². The van der Waals surface area contributed by atoms with E-state index >= 15 is 0 Å². The summed E-state index contributed by atoms with van der Waals surface area (Å²) in [5, 5.41) is 11.2. The van der Waals surface area contributed by atoms with Crippen molar-refractivity contribution < 1.29 is 23.1 Å². The van der Waals surface area contributed by atoms with Crippen molar-refractivity contribution in [2.75, 3.05) is 12.3 Å². The van der Waals surface area contributed by atoms with Crippen molar-refractivity contribution in [3.05, 3.63) is 29.8 Å². The Morgan fingerprint density at radius 1 is 1.23 bits per heavy atom. The zero-order valence-corrected chi connectivity index (χ0v) is 13.5. The van der Waals surface area contributed by atoms with Crippen molar-refractivity contribution in [3.8, 4) is 0 Å². The van der Waals surface area contributed by atoms with Gasteiger partial charge in [0.1, 0.15) is 0 Å². The molecule has 0 heterocycles. The maximum Gasteiger partial charge on any atom is 0.308 e. The van der Waals surface area contributed by atoms with Crippen LogP contribution in [0, 0.1) is 5.92 Å². The lowest BCUT2D eigenvalue weighted by molar-refractivity contribution is -0.140. The molecular weight excluding hydrogens is 306 g/mol. The SMILES string of the molecule is CCCCS(=O)(=O)c1ccc(C(=O)NCC(C)C(=O)O)cc1. The summed E-state index contributed by atoms with van der Waals surface area (Å²) in [5.74, 6) is -2.01. The molecule has 0 saturated heterocycles. The number of rotatable bonds is 8. The number of carbonyl (C=O) groups is 2. The average molecular weight is 327 g/mol. The Morgan fingerprint density at radius 3 is 2.32 bits per heavy atom. The van der Waals surface area contributed by atoms with Crippen molar-refractivity contribution in [1.29, 1.82) is 0 Å². The number of carbonyl (C=O) groups excluding carboxylic acids is 1. The first-order valence-electron chi connectivity index (χ1n) is 7.11. The van der Waals surface area contributed by atoms with E-state index in [-0.39, 0.29) is 17.2 Å². The summed E-state index contributed by atoms with van der Waals surface area (Å²) in [6.07, 6.45) is 1.39. The van der Waals surface area contributed by atoms with Gasteiger partial charge in [0, 0.05) is 12.1 Å². The molecule has 122 valence electrons. The van der Waals surface area contributed by atoms with E-state index in [1.54, 1.807) is 0 Å². The largest absolute Gasteiger partial charge is 0.481 e. The molecule has 1 aromatic carbocycles. The molecule has 0 aliphatic rings. The zero-order valence-electron chi connectivity index (χ0n) is 12.7. The number of carboxylic acids is 1. The molecule has 2 N–H and O–H groups in total. The minimum absolute atomic E-state index is 0.0186. The second-order valence-corrected chi connectivity index (χ2v) is 7.26. The minimum Gasteiger partial charge on any atom is -0.481 e. The third kappa shape index (κ3) is 5.14. The van der Waals surface area contributed by atoms with Crippen LogP contribution in [0.5, 0.6) is 0 Å². The first-order chi connectivity index (χ1) is 10.3. The molecule has 0 aliphatic carbocycles. The Balaban J connectivity index is 2.72. The van der Waals surface area contributed by atoms with E-state index in [2.05, 4.69) is 5.32 Å². The fourth-order valence-corrected chi connectivity index (χ4v) is 3.16. The van der Waals surface area contributed by atoms with Crippen LogP contribution in [0.4, 0.5) is 0 Å². The Morgan fingerprint density at radius 2 is 1.82 bits per heavy atom. The van der Waals surface area contributed by atoms with Gasteiger partial charge in [-0.3, -0.25) is 9.59 Å². The molecule has 1 rings (SSSR count). The Hall–Kier alpha value is -1.89. The fourth-order valence-electron chi connectivity index (χ4n) is 1.70. The van der Waals surface area contributed by atoms with Crippen molar-refractivity contribution in [3.63, 3.8) is 0 Å². The van der Waals surface area contributed by atoms with Crippen LogP contribution in [0.15, 0.2) is 29.2 Å². The molecule has 0 radical (unpaired) electrons. The van der Waals surface area contributed by atoms with Crippen molar-refractivity contribution in [2.24, 2.45) is 5.92 Å². The number of aliphatic carboxylic acids is 1. The lowest BCUT2D eigenvalue weighted by atomic mass is 10.1. The highest BCUT2D eigenvalue weighted by molar-refractivity contribution is 7.91. The average Bonchev–Trinajstić information content (AvgIpc) is 2.50. The number of benzene rings is 1. The fraction of sp³-hybridized carbons (Fsp3) is 0.467. The maximum atomic E-state index is 12.0. The molecule has 22 heavy (non-hydrogen) atoms. The van der Waals surface area contributed by atoms with Crippen LogP contribution in [0.25, 0.3) is 0 Å². The number of amides is 1. The topological polar surface area (TPSA) is 101 Å². The van der Waals surface area contributed by atoms with Crippen LogP contribution in [0.3, 0.4) is 0 Å². The lowest BCUT2D eigenvalue weighted by Crippen LogP contribution is -2.31. The lowest BCUT2D eigenvalue weighted by Gasteiger charge is -2.09. The molecule has 0 bridgehead atoms. The molecule has 0 saturated carbocycles. The van der Waals surface area contributed by atoms with E-state index < -0.39 is 27.6 Å². The van der Waals surface area contributed by atoms with Gasteiger partial charge >= 0.3 is 5.97 Å². The van der Waals surface area contributed by atoms with E-state index in [9.17, 15) is 18.0 Å². The van der Waals surface area contributed by atoms with Gasteiger partial charge in [0.05, 0.1) is 16.6 Å². The van der Waals surface area contributed by atoms with Gasteiger partial charge in [-0.15, -0.1) is 0 Å². The summed E-state index contributed by atoms with van der Waals surface area (Å²) in [4.78, 5) is 22.7. The van der Waals surface area contributed by atoms with Crippen LogP contribution in [-0.4, -0.2) is 37.7 Å². The van der Waals surface area contributed by atoms with Gasteiger partial charge in [-0.25, -0.2) is 8.42 Å². The predicted molar refractivity (Wildman–Crippen MR) is 82.5 cm³/mol. The van der Waals surface area contributed by atoms with Crippen molar-refractivity contribution in [1.82, 2.24) is 5.32 Å². The summed E-state index contributed by atoms with van der Waals surface area (Å²) >= 11 is 0. The maximum absolute atomic E-state index is 12.0. The molecule has 0 fully saturated rings. The Labute approximate surface area is 130 Å². The van der Waals surface area contributed by atoms with Gasteiger partial charge in [-0.2, -0.15) is 0 Å². The molecule has 1 atom stereocenters. The number of nitrogens with one attached hydrogen (secondary N) is 1. The number of sulfone groups is 1. The second-order valence-electron chi connectivity index (χ2n) is 5.15. The smallest absolute Gasteiger partial charge is 0.308 e. The standard InChI is InChI=1S/C15H21NO5S/c1-3-4-9-22(20,21)13-7-5-12(6-8-13)14(17)16-10-11(2)15(18)19/h5-8,11H,3-4,9-10H2,1-2H3,(H,16,17)(H,18,19). The van der Waals surface area contributed by atoms with Gasteiger partial charge in [0.2, 0.25) is 0 Å². The number of unbranched alkanes of at least 4 members (excludes halogenated alkanes) is 1. The molecule has 0 spiro atoms. The highest BCUT2D eigenvalue weighted by Crippen LogP contribution is 2.14. The van der Waals surface area contributed by atoms with Gasteiger partial charge < -0.3 is 10.4 Å². The summed E-state index contributed by atoms with van der Waals surface area (Å²) in [6.45, 7) is 3.43. The number of carboxylic acid groups (broad SMARTS) is 1. The molecule has 1 aromatic rings. The van der Waals surface area contributed by atoms with Crippen molar-refractivity contribution >= 4 is 21.7 Å². The summed E-state index contributed by atoms with van der Waals surface area (Å²) in [7, 11) is -3.31. The van der Waals surface area contributed by atoms with Gasteiger partial charge in [0.25, 0.3) is 5.91 Å². The summed E-state index contributed by atoms with van der Waals surface area (Å²) < 4.78 is 24.0. The van der Waals surface area contributed by atoms with Crippen molar-refractivity contribution in [2.45, 2.75) is 31.6 Å². The number of hydrogen-bond donors (Lipinski definition) is 2. The first kappa shape index (κ1) is 18.2. The third-order valence-electron chi connectivity index (χ3n) is 3.23. The third-order valence-corrected chi connectivity index (χ3v) is 5.05. The van der Waals surface area contributed by atoms with Crippen LogP contribution in [0.2, 0.25) is 0 Å². The van der Waals surface area contributed by atoms with E-state index in [1.807, 2.05) is 6.92 Å². The van der Waals surface area contributed by atoms with Crippen LogP contribution < -0.4 is 5.32 Å². The zero-order chi connectivity index (χ0) is 16.8. The minimum atomic E-state index is -3.31. The van der Waals surface area contributed by atoms with Gasteiger partial charge in [-0.1, -0.05) is 20.3 Å².